The Morgan fingerprint density at radius 2 is 2.33 bits per heavy atom. The van der Waals surface area contributed by atoms with Crippen LogP contribution in [0.3, 0.4) is 0 Å². The standard InChI is InChI=1S/C10H19NO4/c12-8(5-10(13)14)6-11-7-9-3-1-2-4-15-9/h8-9,11-12H,1-7H2,(H,13,14). The van der Waals surface area contributed by atoms with E-state index in [4.69, 9.17) is 9.84 Å². The molecule has 0 aromatic heterocycles. The van der Waals surface area contributed by atoms with Crippen molar-refractivity contribution in [3.05, 3.63) is 0 Å². The van der Waals surface area contributed by atoms with E-state index in [1.54, 1.807) is 0 Å². The second-order valence-electron chi connectivity index (χ2n) is 3.90. The Bertz CT molecular complexity index is 192. The van der Waals surface area contributed by atoms with E-state index in [2.05, 4.69) is 5.32 Å². The van der Waals surface area contributed by atoms with Gasteiger partial charge in [0.15, 0.2) is 0 Å². The SMILES string of the molecule is O=C(O)CC(O)CNCC1CCCCO1. The molecule has 1 heterocycles. The van der Waals surface area contributed by atoms with E-state index in [1.807, 2.05) is 0 Å². The third kappa shape index (κ3) is 5.71. The number of ether oxygens (including phenoxy) is 1. The molecule has 0 aromatic rings. The number of carboxylic acid groups (broad SMARTS) is 1. The van der Waals surface area contributed by atoms with E-state index in [1.165, 1.54) is 6.42 Å². The van der Waals surface area contributed by atoms with Gasteiger partial charge in [-0.1, -0.05) is 0 Å². The highest BCUT2D eigenvalue weighted by molar-refractivity contribution is 5.67. The summed E-state index contributed by atoms with van der Waals surface area (Å²) < 4.78 is 5.48. The Morgan fingerprint density at radius 3 is 2.93 bits per heavy atom. The van der Waals surface area contributed by atoms with Crippen molar-refractivity contribution in [1.29, 1.82) is 0 Å². The van der Waals surface area contributed by atoms with Crippen LogP contribution in [0.1, 0.15) is 25.7 Å². The molecule has 5 heteroatoms. The molecular formula is C10H19NO4. The summed E-state index contributed by atoms with van der Waals surface area (Å²) in [6.45, 7) is 1.81. The van der Waals surface area contributed by atoms with Crippen molar-refractivity contribution in [1.82, 2.24) is 5.32 Å². The van der Waals surface area contributed by atoms with Crippen LogP contribution in [-0.2, 0) is 9.53 Å². The van der Waals surface area contributed by atoms with Crippen LogP contribution in [0.2, 0.25) is 0 Å². The molecule has 1 saturated heterocycles. The lowest BCUT2D eigenvalue weighted by Gasteiger charge is -2.23. The summed E-state index contributed by atoms with van der Waals surface area (Å²) in [7, 11) is 0. The maximum atomic E-state index is 10.3. The molecule has 0 saturated carbocycles. The van der Waals surface area contributed by atoms with Gasteiger partial charge in [0.2, 0.25) is 0 Å². The predicted molar refractivity (Wildman–Crippen MR) is 54.7 cm³/mol. The van der Waals surface area contributed by atoms with Crippen molar-refractivity contribution in [3.63, 3.8) is 0 Å². The molecular weight excluding hydrogens is 198 g/mol. The Kier molecular flexibility index (Phi) is 5.60. The molecule has 1 aliphatic rings. The van der Waals surface area contributed by atoms with Crippen molar-refractivity contribution in [2.75, 3.05) is 19.7 Å². The van der Waals surface area contributed by atoms with Crippen LogP contribution in [0.4, 0.5) is 0 Å². The minimum absolute atomic E-state index is 0.210. The lowest BCUT2D eigenvalue weighted by atomic mass is 10.1. The van der Waals surface area contributed by atoms with Gasteiger partial charge in [-0.2, -0.15) is 0 Å². The number of nitrogens with one attached hydrogen (secondary N) is 1. The third-order valence-electron chi connectivity index (χ3n) is 2.44. The fraction of sp³-hybridized carbons (Fsp3) is 0.900. The van der Waals surface area contributed by atoms with Crippen LogP contribution in [0.15, 0.2) is 0 Å². The second kappa shape index (κ2) is 6.76. The lowest BCUT2D eigenvalue weighted by Crippen LogP contribution is -2.36. The zero-order valence-corrected chi connectivity index (χ0v) is 8.82. The van der Waals surface area contributed by atoms with Gasteiger partial charge in [-0.05, 0) is 19.3 Å². The number of hydrogen-bond acceptors (Lipinski definition) is 4. The van der Waals surface area contributed by atoms with Crippen molar-refractivity contribution in [2.24, 2.45) is 0 Å². The normalized spacial score (nSPS) is 23.7. The highest BCUT2D eigenvalue weighted by Crippen LogP contribution is 2.11. The maximum absolute atomic E-state index is 10.3. The smallest absolute Gasteiger partial charge is 0.306 e. The molecule has 0 radical (unpaired) electrons. The number of aliphatic hydroxyl groups is 1. The Hall–Kier alpha value is -0.650. The van der Waals surface area contributed by atoms with Crippen LogP contribution in [0, 0.1) is 0 Å². The first-order valence-corrected chi connectivity index (χ1v) is 5.40. The first-order chi connectivity index (χ1) is 7.18. The van der Waals surface area contributed by atoms with Gasteiger partial charge in [-0.3, -0.25) is 4.79 Å². The molecule has 15 heavy (non-hydrogen) atoms. The van der Waals surface area contributed by atoms with Gasteiger partial charge in [-0.15, -0.1) is 0 Å². The lowest BCUT2D eigenvalue weighted by molar-refractivity contribution is -0.139. The van der Waals surface area contributed by atoms with Gasteiger partial charge >= 0.3 is 5.97 Å². The third-order valence-corrected chi connectivity index (χ3v) is 2.44. The second-order valence-corrected chi connectivity index (χ2v) is 3.90. The number of hydrogen-bond donors (Lipinski definition) is 3. The quantitative estimate of drug-likeness (QED) is 0.583. The molecule has 0 bridgehead atoms. The fourth-order valence-electron chi connectivity index (χ4n) is 1.65. The Labute approximate surface area is 89.4 Å². The topological polar surface area (TPSA) is 78.8 Å². The average molecular weight is 217 g/mol. The highest BCUT2D eigenvalue weighted by atomic mass is 16.5. The average Bonchev–Trinajstić information content (AvgIpc) is 2.18. The number of aliphatic carboxylic acids is 1. The molecule has 0 aromatic carbocycles. The summed E-state index contributed by atoms with van der Waals surface area (Å²) in [6.07, 6.45) is 2.55. The molecule has 0 amide bonds. The molecule has 2 unspecified atom stereocenters. The first-order valence-electron chi connectivity index (χ1n) is 5.40. The van der Waals surface area contributed by atoms with Crippen LogP contribution in [0.25, 0.3) is 0 Å². The number of carboxylic acids is 1. The Balaban J connectivity index is 2.02. The summed E-state index contributed by atoms with van der Waals surface area (Å²) in [4.78, 5) is 10.3. The Morgan fingerprint density at radius 1 is 1.53 bits per heavy atom. The minimum atomic E-state index is -0.974. The first kappa shape index (κ1) is 12.4. The number of aliphatic hydroxyl groups excluding tert-OH is 1. The summed E-state index contributed by atoms with van der Waals surface area (Å²) in [5.74, 6) is -0.974. The van der Waals surface area contributed by atoms with Crippen molar-refractivity contribution < 1.29 is 19.7 Å². The molecule has 3 N–H and O–H groups in total. The van der Waals surface area contributed by atoms with Gasteiger partial charge in [0.1, 0.15) is 0 Å². The summed E-state index contributed by atoms with van der Waals surface area (Å²) in [6, 6.07) is 0. The number of carbonyl (C=O) groups is 1. The molecule has 5 nitrogen and oxygen atoms in total. The predicted octanol–water partition coefficient (Wildman–Crippen LogP) is -0.0193. The summed E-state index contributed by atoms with van der Waals surface area (Å²) in [5, 5.41) is 20.7. The van der Waals surface area contributed by atoms with Crippen molar-refractivity contribution >= 4 is 5.97 Å². The van der Waals surface area contributed by atoms with E-state index in [0.717, 1.165) is 19.4 Å². The summed E-state index contributed by atoms with van der Waals surface area (Å²) in [5.41, 5.74) is 0. The van der Waals surface area contributed by atoms with Crippen LogP contribution >= 0.6 is 0 Å². The van der Waals surface area contributed by atoms with E-state index in [9.17, 15) is 9.90 Å². The van der Waals surface area contributed by atoms with Gasteiger partial charge in [-0.25, -0.2) is 0 Å². The van der Waals surface area contributed by atoms with E-state index >= 15 is 0 Å². The van der Waals surface area contributed by atoms with Crippen LogP contribution in [0.5, 0.6) is 0 Å². The molecule has 1 fully saturated rings. The van der Waals surface area contributed by atoms with Gasteiger partial charge in [0, 0.05) is 19.7 Å². The van der Waals surface area contributed by atoms with Crippen LogP contribution < -0.4 is 5.32 Å². The van der Waals surface area contributed by atoms with Crippen molar-refractivity contribution in [2.45, 2.75) is 37.9 Å². The largest absolute Gasteiger partial charge is 0.481 e. The molecule has 0 spiro atoms. The fourth-order valence-corrected chi connectivity index (χ4v) is 1.65. The summed E-state index contributed by atoms with van der Waals surface area (Å²) >= 11 is 0. The van der Waals surface area contributed by atoms with E-state index in [-0.39, 0.29) is 12.5 Å². The maximum Gasteiger partial charge on any atom is 0.306 e. The van der Waals surface area contributed by atoms with E-state index < -0.39 is 12.1 Å². The zero-order valence-electron chi connectivity index (χ0n) is 8.82. The van der Waals surface area contributed by atoms with E-state index in [0.29, 0.717) is 13.1 Å². The minimum Gasteiger partial charge on any atom is -0.481 e. The molecule has 1 aliphatic heterocycles. The van der Waals surface area contributed by atoms with Crippen LogP contribution in [-0.4, -0.2) is 48.1 Å². The monoisotopic (exact) mass is 217 g/mol. The zero-order chi connectivity index (χ0) is 11.1. The van der Waals surface area contributed by atoms with Gasteiger partial charge in [0.05, 0.1) is 18.6 Å². The van der Waals surface area contributed by atoms with Crippen molar-refractivity contribution in [3.8, 4) is 0 Å². The molecule has 0 aliphatic carbocycles. The highest BCUT2D eigenvalue weighted by Gasteiger charge is 2.14. The molecule has 88 valence electrons. The van der Waals surface area contributed by atoms with Gasteiger partial charge in [0.25, 0.3) is 0 Å². The number of rotatable bonds is 6. The molecule has 2 atom stereocenters. The molecule has 1 rings (SSSR count). The van der Waals surface area contributed by atoms with Gasteiger partial charge < -0.3 is 20.3 Å².